The van der Waals surface area contributed by atoms with Gasteiger partial charge < -0.3 is 5.32 Å². The van der Waals surface area contributed by atoms with E-state index in [1.165, 1.54) is 0 Å². The SMILES string of the molecule is O=S1(=O)CCNC2CN=CC=C21. The molecule has 12 heavy (non-hydrogen) atoms. The van der Waals surface area contributed by atoms with Crippen LogP contribution in [-0.2, 0) is 9.84 Å². The zero-order chi connectivity index (χ0) is 8.60. The first kappa shape index (κ1) is 7.94. The molecule has 1 unspecified atom stereocenters. The molecule has 0 saturated carbocycles. The van der Waals surface area contributed by atoms with Gasteiger partial charge in [0.2, 0.25) is 0 Å². The number of nitrogens with zero attached hydrogens (tertiary/aromatic N) is 1. The van der Waals surface area contributed by atoms with Crippen molar-refractivity contribution in [2.75, 3.05) is 18.8 Å². The average Bonchev–Trinajstić information content (AvgIpc) is 2.04. The lowest BCUT2D eigenvalue weighted by Gasteiger charge is -2.26. The Morgan fingerprint density at radius 1 is 1.58 bits per heavy atom. The quantitative estimate of drug-likeness (QED) is 0.546. The van der Waals surface area contributed by atoms with E-state index in [2.05, 4.69) is 10.3 Å². The molecule has 0 bridgehead atoms. The lowest BCUT2D eigenvalue weighted by Crippen LogP contribution is -2.45. The molecule has 1 fully saturated rings. The van der Waals surface area contributed by atoms with E-state index in [9.17, 15) is 8.42 Å². The van der Waals surface area contributed by atoms with Gasteiger partial charge >= 0.3 is 0 Å². The number of hydrogen-bond acceptors (Lipinski definition) is 4. The molecule has 0 amide bonds. The Bertz CT molecular complexity index is 342. The minimum absolute atomic E-state index is 0.0752. The lowest BCUT2D eigenvalue weighted by atomic mass is 10.2. The van der Waals surface area contributed by atoms with E-state index in [1.807, 2.05) is 0 Å². The van der Waals surface area contributed by atoms with E-state index >= 15 is 0 Å². The lowest BCUT2D eigenvalue weighted by molar-refractivity contribution is 0.549. The predicted octanol–water partition coefficient (Wildman–Crippen LogP) is -0.659. The second kappa shape index (κ2) is 2.67. The maximum atomic E-state index is 11.4. The number of allylic oxidation sites excluding steroid dienone is 1. The molecule has 2 aliphatic heterocycles. The zero-order valence-corrected chi connectivity index (χ0v) is 7.34. The van der Waals surface area contributed by atoms with Crippen LogP contribution in [0.5, 0.6) is 0 Å². The Morgan fingerprint density at radius 3 is 3.17 bits per heavy atom. The fourth-order valence-electron chi connectivity index (χ4n) is 1.47. The molecule has 66 valence electrons. The summed E-state index contributed by atoms with van der Waals surface area (Å²) in [4.78, 5) is 4.50. The molecule has 0 spiro atoms. The van der Waals surface area contributed by atoms with Crippen LogP contribution in [0.1, 0.15) is 0 Å². The molecule has 1 N–H and O–H groups in total. The largest absolute Gasteiger partial charge is 0.307 e. The number of dihydropyridines is 1. The maximum absolute atomic E-state index is 11.4. The summed E-state index contributed by atoms with van der Waals surface area (Å²) in [5, 5.41) is 3.12. The summed E-state index contributed by atoms with van der Waals surface area (Å²) in [7, 11) is -2.98. The number of nitrogens with one attached hydrogen (secondary N) is 1. The fraction of sp³-hybridized carbons (Fsp3) is 0.571. The summed E-state index contributed by atoms with van der Waals surface area (Å²) in [6, 6.07) is -0.0752. The molecule has 0 aromatic carbocycles. The van der Waals surface area contributed by atoms with Crippen molar-refractivity contribution in [3.63, 3.8) is 0 Å². The number of rotatable bonds is 0. The fourth-order valence-corrected chi connectivity index (χ4v) is 2.95. The molecule has 0 aliphatic carbocycles. The Labute approximate surface area is 71.3 Å². The second-order valence-electron chi connectivity index (χ2n) is 2.91. The van der Waals surface area contributed by atoms with Crippen molar-refractivity contribution in [1.29, 1.82) is 0 Å². The normalized spacial score (nSPS) is 32.3. The molecule has 2 heterocycles. The van der Waals surface area contributed by atoms with Crippen LogP contribution in [-0.4, -0.2) is 39.5 Å². The molecule has 2 rings (SSSR count). The van der Waals surface area contributed by atoms with Gasteiger partial charge in [0.1, 0.15) is 0 Å². The van der Waals surface area contributed by atoms with Crippen LogP contribution >= 0.6 is 0 Å². The van der Waals surface area contributed by atoms with Gasteiger partial charge in [0, 0.05) is 12.8 Å². The van der Waals surface area contributed by atoms with Gasteiger partial charge in [-0.25, -0.2) is 8.42 Å². The Morgan fingerprint density at radius 2 is 2.42 bits per heavy atom. The Kier molecular flexibility index (Phi) is 1.77. The number of aliphatic imine (C=N–C) groups is 1. The summed E-state index contributed by atoms with van der Waals surface area (Å²) >= 11 is 0. The average molecular weight is 186 g/mol. The van der Waals surface area contributed by atoms with Gasteiger partial charge in [0.25, 0.3) is 0 Å². The van der Waals surface area contributed by atoms with Crippen molar-refractivity contribution in [2.45, 2.75) is 6.04 Å². The third-order valence-electron chi connectivity index (χ3n) is 2.10. The minimum Gasteiger partial charge on any atom is -0.307 e. The topological polar surface area (TPSA) is 58.5 Å². The van der Waals surface area contributed by atoms with Gasteiger partial charge in [-0.1, -0.05) is 0 Å². The highest BCUT2D eigenvalue weighted by molar-refractivity contribution is 7.95. The van der Waals surface area contributed by atoms with Crippen LogP contribution in [0, 0.1) is 0 Å². The van der Waals surface area contributed by atoms with E-state index in [4.69, 9.17) is 0 Å². The first-order chi connectivity index (χ1) is 5.70. The summed E-state index contributed by atoms with van der Waals surface area (Å²) in [5.41, 5.74) is 0. The van der Waals surface area contributed by atoms with Gasteiger partial charge in [0.05, 0.1) is 23.2 Å². The highest BCUT2D eigenvalue weighted by Crippen LogP contribution is 2.18. The summed E-state index contributed by atoms with van der Waals surface area (Å²) < 4.78 is 22.9. The first-order valence-electron chi connectivity index (χ1n) is 3.86. The Hall–Kier alpha value is -0.680. The molecular formula is C7H10N2O2S. The smallest absolute Gasteiger partial charge is 0.177 e. The summed E-state index contributed by atoms with van der Waals surface area (Å²) in [6.07, 6.45) is 3.16. The van der Waals surface area contributed by atoms with Crippen molar-refractivity contribution in [3.8, 4) is 0 Å². The van der Waals surface area contributed by atoms with Crippen molar-refractivity contribution >= 4 is 16.1 Å². The zero-order valence-electron chi connectivity index (χ0n) is 6.53. The van der Waals surface area contributed by atoms with Crippen molar-refractivity contribution < 1.29 is 8.42 Å². The highest BCUT2D eigenvalue weighted by atomic mass is 32.2. The molecule has 1 saturated heterocycles. The van der Waals surface area contributed by atoms with Crippen LogP contribution in [0.3, 0.4) is 0 Å². The molecule has 0 aromatic heterocycles. The van der Waals surface area contributed by atoms with Crippen LogP contribution in [0.25, 0.3) is 0 Å². The predicted molar refractivity (Wildman–Crippen MR) is 47.0 cm³/mol. The van der Waals surface area contributed by atoms with Crippen LogP contribution in [0.2, 0.25) is 0 Å². The van der Waals surface area contributed by atoms with Crippen LogP contribution < -0.4 is 5.32 Å². The van der Waals surface area contributed by atoms with E-state index in [0.717, 1.165) is 0 Å². The van der Waals surface area contributed by atoms with Gasteiger partial charge in [-0.05, 0) is 6.08 Å². The second-order valence-corrected chi connectivity index (χ2v) is 5.02. The van der Waals surface area contributed by atoms with Gasteiger partial charge in [-0.15, -0.1) is 0 Å². The summed E-state index contributed by atoms with van der Waals surface area (Å²) in [6.45, 7) is 1.09. The monoisotopic (exact) mass is 186 g/mol. The van der Waals surface area contributed by atoms with Gasteiger partial charge in [-0.3, -0.25) is 4.99 Å². The van der Waals surface area contributed by atoms with Crippen LogP contribution in [0.15, 0.2) is 16.0 Å². The van der Waals surface area contributed by atoms with Crippen LogP contribution in [0.4, 0.5) is 0 Å². The van der Waals surface area contributed by atoms with E-state index in [-0.39, 0.29) is 11.8 Å². The van der Waals surface area contributed by atoms with E-state index in [1.54, 1.807) is 12.3 Å². The number of sulfone groups is 1. The third-order valence-corrected chi connectivity index (χ3v) is 3.98. The number of fused-ring (bicyclic) bond motifs is 1. The Balaban J connectivity index is 2.43. The van der Waals surface area contributed by atoms with Gasteiger partial charge in [0.15, 0.2) is 9.84 Å². The van der Waals surface area contributed by atoms with E-state index < -0.39 is 9.84 Å². The molecule has 2 aliphatic rings. The third kappa shape index (κ3) is 1.19. The first-order valence-corrected chi connectivity index (χ1v) is 5.51. The molecular weight excluding hydrogens is 176 g/mol. The van der Waals surface area contributed by atoms with Crippen molar-refractivity contribution in [1.82, 2.24) is 5.32 Å². The molecule has 4 nitrogen and oxygen atoms in total. The standard InChI is InChI=1S/C7H10N2O2S/c10-12(11)4-3-9-6-5-8-2-1-7(6)12/h1-2,6,9H,3-5H2. The maximum Gasteiger partial charge on any atom is 0.177 e. The van der Waals surface area contributed by atoms with Crippen molar-refractivity contribution in [2.24, 2.45) is 4.99 Å². The van der Waals surface area contributed by atoms with Crippen molar-refractivity contribution in [3.05, 3.63) is 11.0 Å². The van der Waals surface area contributed by atoms with Gasteiger partial charge in [-0.2, -0.15) is 0 Å². The molecule has 5 heteroatoms. The highest BCUT2D eigenvalue weighted by Gasteiger charge is 2.30. The summed E-state index contributed by atoms with van der Waals surface area (Å²) in [5.74, 6) is 0.211. The minimum atomic E-state index is -2.98. The molecule has 0 radical (unpaired) electrons. The van der Waals surface area contributed by atoms with E-state index in [0.29, 0.717) is 18.0 Å². The number of hydrogen-bond donors (Lipinski definition) is 1. The molecule has 0 aromatic rings. The molecule has 1 atom stereocenters.